The molecule has 0 amide bonds. The van der Waals surface area contributed by atoms with Gasteiger partial charge in [-0.25, -0.2) is 0 Å². The molecule has 0 heterocycles. The van der Waals surface area contributed by atoms with Crippen molar-refractivity contribution < 1.29 is 25.6 Å². The Bertz CT molecular complexity index is 66.4. The molecule has 0 aliphatic carbocycles. The Morgan fingerprint density at radius 1 is 1.60 bits per heavy atom. The van der Waals surface area contributed by atoms with Crippen LogP contribution in [0.2, 0.25) is 0 Å². The van der Waals surface area contributed by atoms with Gasteiger partial charge in [0.2, 0.25) is 0 Å². The van der Waals surface area contributed by atoms with Crippen LogP contribution in [0.3, 0.4) is 0 Å². The number of aliphatic hydroxyl groups is 2. The van der Waals surface area contributed by atoms with Crippen LogP contribution in [0.4, 0.5) is 0 Å². The minimum absolute atomic E-state index is 0. The molecule has 10 heavy (non-hydrogen) atoms. The molecule has 5 heteroatoms. The quantitative estimate of drug-likeness (QED) is 0.432. The average Bonchev–Trinajstić information content (AvgIpc) is 1.65. The predicted octanol–water partition coefficient (Wildman–Crippen LogP) is -1.37. The lowest BCUT2D eigenvalue weighted by Crippen LogP contribution is -2.03. The molecule has 1 unspecified atom stereocenters. The van der Waals surface area contributed by atoms with Crippen molar-refractivity contribution >= 4 is 5.97 Å². The van der Waals surface area contributed by atoms with Crippen LogP contribution in [-0.4, -0.2) is 39.5 Å². The molecule has 5 N–H and O–H groups in total. The van der Waals surface area contributed by atoms with Gasteiger partial charge in [0.05, 0.1) is 12.7 Å². The van der Waals surface area contributed by atoms with Crippen molar-refractivity contribution in [3.8, 4) is 0 Å². The average molecular weight is 154 g/mol. The van der Waals surface area contributed by atoms with Gasteiger partial charge in [-0.1, -0.05) is 0 Å². The van der Waals surface area contributed by atoms with E-state index in [1.807, 2.05) is 0 Å². The van der Waals surface area contributed by atoms with Gasteiger partial charge >= 0.3 is 0 Å². The van der Waals surface area contributed by atoms with Gasteiger partial charge in [0.1, 0.15) is 0 Å². The molecular weight excluding hydrogens is 140 g/mol. The molecule has 0 spiro atoms. The molecule has 0 aromatic rings. The monoisotopic (exact) mass is 154 g/mol. The van der Waals surface area contributed by atoms with Crippen molar-refractivity contribution in [3.05, 3.63) is 0 Å². The van der Waals surface area contributed by atoms with Crippen molar-refractivity contribution in [2.75, 3.05) is 6.61 Å². The molecule has 0 fully saturated rings. The Kier molecular flexibility index (Phi) is 18.1. The number of carboxylic acid groups (broad SMARTS) is 1. The van der Waals surface area contributed by atoms with Gasteiger partial charge in [0.15, 0.2) is 0 Å². The molecular formula is C5H14O5. The van der Waals surface area contributed by atoms with E-state index in [0.717, 1.165) is 6.92 Å². The number of aliphatic carboxylic acids is 1. The van der Waals surface area contributed by atoms with Crippen molar-refractivity contribution in [3.63, 3.8) is 0 Å². The third kappa shape index (κ3) is 163. The first-order valence-corrected chi connectivity index (χ1v) is 2.49. The van der Waals surface area contributed by atoms with Gasteiger partial charge in [0.25, 0.3) is 5.97 Å². The summed E-state index contributed by atoms with van der Waals surface area (Å²) in [6, 6.07) is 0. The van der Waals surface area contributed by atoms with Gasteiger partial charge in [-0.15, -0.1) is 0 Å². The highest BCUT2D eigenvalue weighted by molar-refractivity contribution is 5.62. The van der Waals surface area contributed by atoms with Crippen molar-refractivity contribution in [2.24, 2.45) is 0 Å². The maximum absolute atomic E-state index is 9.00. The van der Waals surface area contributed by atoms with Crippen LogP contribution in [-0.2, 0) is 4.79 Å². The molecule has 5 nitrogen and oxygen atoms in total. The van der Waals surface area contributed by atoms with E-state index in [-0.39, 0.29) is 12.1 Å². The summed E-state index contributed by atoms with van der Waals surface area (Å²) >= 11 is 0. The SMILES string of the molecule is CC(=O)O.CC(O)CO.O. The molecule has 64 valence electrons. The first kappa shape index (κ1) is 16.2. The Hall–Kier alpha value is -0.650. The predicted molar refractivity (Wildman–Crippen MR) is 35.7 cm³/mol. The van der Waals surface area contributed by atoms with Gasteiger partial charge in [-0.2, -0.15) is 0 Å². The van der Waals surface area contributed by atoms with Gasteiger partial charge in [-0.05, 0) is 6.92 Å². The second kappa shape index (κ2) is 11.2. The summed E-state index contributed by atoms with van der Waals surface area (Å²) in [5.74, 6) is -0.833. The second-order valence-electron chi connectivity index (χ2n) is 1.55. The molecule has 0 saturated heterocycles. The smallest absolute Gasteiger partial charge is 0.300 e. The van der Waals surface area contributed by atoms with Gasteiger partial charge in [0, 0.05) is 6.92 Å². The van der Waals surface area contributed by atoms with E-state index >= 15 is 0 Å². The van der Waals surface area contributed by atoms with E-state index < -0.39 is 12.1 Å². The van der Waals surface area contributed by atoms with E-state index in [0.29, 0.717) is 0 Å². The van der Waals surface area contributed by atoms with Crippen LogP contribution >= 0.6 is 0 Å². The Balaban J connectivity index is -0.0000000910. The fraction of sp³-hybridized carbons (Fsp3) is 0.800. The first-order valence-electron chi connectivity index (χ1n) is 2.49. The van der Waals surface area contributed by atoms with Crippen LogP contribution in [0, 0.1) is 0 Å². The number of carboxylic acids is 1. The number of hydrogen-bond donors (Lipinski definition) is 3. The van der Waals surface area contributed by atoms with Crippen molar-refractivity contribution in [1.82, 2.24) is 0 Å². The van der Waals surface area contributed by atoms with Gasteiger partial charge in [-0.3, -0.25) is 4.79 Å². The largest absolute Gasteiger partial charge is 0.481 e. The number of aliphatic hydroxyl groups excluding tert-OH is 2. The van der Waals surface area contributed by atoms with E-state index in [1.54, 1.807) is 0 Å². The van der Waals surface area contributed by atoms with E-state index in [4.69, 9.17) is 20.1 Å². The Morgan fingerprint density at radius 2 is 1.70 bits per heavy atom. The molecule has 0 saturated carbocycles. The topological polar surface area (TPSA) is 109 Å². The summed E-state index contributed by atoms with van der Waals surface area (Å²) in [7, 11) is 0. The molecule has 0 aliphatic heterocycles. The highest BCUT2D eigenvalue weighted by Crippen LogP contribution is 1.68. The lowest BCUT2D eigenvalue weighted by Gasteiger charge is -1.90. The standard InChI is InChI=1S/C3H8O2.C2H4O2.H2O/c1-3(5)2-4;1-2(3)4;/h3-5H,2H2,1H3;1H3,(H,3,4);1H2. The summed E-state index contributed by atoms with van der Waals surface area (Å²) in [6.07, 6.45) is -0.560. The second-order valence-corrected chi connectivity index (χ2v) is 1.55. The summed E-state index contributed by atoms with van der Waals surface area (Å²) in [6.45, 7) is 2.47. The molecule has 0 bridgehead atoms. The Labute approximate surface area is 59.2 Å². The molecule has 0 aromatic heterocycles. The molecule has 0 aromatic carbocycles. The maximum Gasteiger partial charge on any atom is 0.300 e. The van der Waals surface area contributed by atoms with E-state index in [9.17, 15) is 0 Å². The molecule has 1 atom stereocenters. The zero-order valence-corrected chi connectivity index (χ0v) is 6.03. The van der Waals surface area contributed by atoms with E-state index in [2.05, 4.69) is 0 Å². The van der Waals surface area contributed by atoms with Crippen LogP contribution in [0.15, 0.2) is 0 Å². The normalized spacial score (nSPS) is 10.0. The van der Waals surface area contributed by atoms with Crippen LogP contribution < -0.4 is 0 Å². The summed E-state index contributed by atoms with van der Waals surface area (Å²) in [5, 5.41) is 23.4. The highest BCUT2D eigenvalue weighted by atomic mass is 16.4. The van der Waals surface area contributed by atoms with Crippen LogP contribution in [0.25, 0.3) is 0 Å². The minimum atomic E-state index is -0.833. The fourth-order valence-corrected chi connectivity index (χ4v) is 0. The number of carbonyl (C=O) groups is 1. The van der Waals surface area contributed by atoms with Crippen LogP contribution in [0.5, 0.6) is 0 Å². The highest BCUT2D eigenvalue weighted by Gasteiger charge is 1.83. The lowest BCUT2D eigenvalue weighted by atomic mass is 10.5. The number of hydrogen-bond acceptors (Lipinski definition) is 3. The van der Waals surface area contributed by atoms with Crippen molar-refractivity contribution in [2.45, 2.75) is 20.0 Å². The molecule has 0 aliphatic rings. The Morgan fingerprint density at radius 3 is 1.70 bits per heavy atom. The zero-order valence-electron chi connectivity index (χ0n) is 6.03. The summed E-state index contributed by atoms with van der Waals surface area (Å²) in [4.78, 5) is 9.00. The third-order valence-corrected chi connectivity index (χ3v) is 0.264. The fourth-order valence-electron chi connectivity index (χ4n) is 0. The lowest BCUT2D eigenvalue weighted by molar-refractivity contribution is -0.134. The summed E-state index contributed by atoms with van der Waals surface area (Å²) < 4.78 is 0. The number of rotatable bonds is 1. The van der Waals surface area contributed by atoms with E-state index in [1.165, 1.54) is 6.92 Å². The molecule has 0 rings (SSSR count). The third-order valence-electron chi connectivity index (χ3n) is 0.264. The first-order chi connectivity index (χ1) is 4.00. The minimum Gasteiger partial charge on any atom is -0.481 e. The van der Waals surface area contributed by atoms with Crippen LogP contribution in [0.1, 0.15) is 13.8 Å². The zero-order chi connectivity index (χ0) is 7.86. The molecule has 0 radical (unpaired) electrons. The summed E-state index contributed by atoms with van der Waals surface area (Å²) in [5.41, 5.74) is 0. The maximum atomic E-state index is 9.00. The van der Waals surface area contributed by atoms with Gasteiger partial charge < -0.3 is 20.8 Å². The van der Waals surface area contributed by atoms with Crippen molar-refractivity contribution in [1.29, 1.82) is 0 Å².